The summed E-state index contributed by atoms with van der Waals surface area (Å²) in [5, 5.41) is 13.3. The van der Waals surface area contributed by atoms with E-state index in [9.17, 15) is 14.4 Å². The molecule has 0 aromatic rings. The molecule has 0 aromatic carbocycles. The lowest BCUT2D eigenvalue weighted by Gasteiger charge is -2.15. The maximum absolute atomic E-state index is 11.5. The van der Waals surface area contributed by atoms with E-state index < -0.39 is 17.9 Å². The second-order valence-electron chi connectivity index (χ2n) is 5.13. The monoisotopic (exact) mass is 269 g/mol. The van der Waals surface area contributed by atoms with Gasteiger partial charge < -0.3 is 10.4 Å². The third kappa shape index (κ3) is 4.51. The number of rotatable bonds is 5. The molecule has 1 heterocycles. The van der Waals surface area contributed by atoms with E-state index in [2.05, 4.69) is 15.5 Å². The van der Waals surface area contributed by atoms with Gasteiger partial charge in [0.1, 0.15) is 0 Å². The number of carbonyl (C=O) groups is 3. The molecule has 1 aliphatic heterocycles. The first-order valence-electron chi connectivity index (χ1n) is 6.61. The molecule has 19 heavy (non-hydrogen) atoms. The van der Waals surface area contributed by atoms with E-state index >= 15 is 0 Å². The van der Waals surface area contributed by atoms with Gasteiger partial charge in [0.2, 0.25) is 5.91 Å². The second-order valence-corrected chi connectivity index (χ2v) is 5.13. The summed E-state index contributed by atoms with van der Waals surface area (Å²) in [6.45, 7) is 1.82. The van der Waals surface area contributed by atoms with Crippen molar-refractivity contribution in [1.29, 1.82) is 0 Å². The average Bonchev–Trinajstić information content (AvgIpc) is 3.08. The van der Waals surface area contributed by atoms with Gasteiger partial charge in [0.25, 0.3) is 0 Å². The molecule has 2 rings (SSSR count). The first-order valence-corrected chi connectivity index (χ1v) is 6.61. The van der Waals surface area contributed by atoms with Crippen LogP contribution in [0.4, 0.5) is 4.79 Å². The van der Waals surface area contributed by atoms with Gasteiger partial charge >= 0.3 is 12.0 Å². The van der Waals surface area contributed by atoms with Crippen molar-refractivity contribution in [2.75, 3.05) is 13.1 Å². The SMILES string of the molecule is O=C(O)CCC(=O)NC(=O)NC1CCN(C2CC2)C1. The van der Waals surface area contributed by atoms with Crippen LogP contribution < -0.4 is 10.6 Å². The number of imide groups is 1. The molecule has 3 amide bonds. The largest absolute Gasteiger partial charge is 0.481 e. The van der Waals surface area contributed by atoms with Gasteiger partial charge in [-0.2, -0.15) is 0 Å². The Kier molecular flexibility index (Phi) is 4.36. The van der Waals surface area contributed by atoms with Crippen molar-refractivity contribution < 1.29 is 19.5 Å². The predicted octanol–water partition coefficient (Wildman–Crippen LogP) is -0.0863. The lowest BCUT2D eigenvalue weighted by atomic mass is 10.3. The first kappa shape index (κ1) is 13.8. The number of nitrogens with one attached hydrogen (secondary N) is 2. The predicted molar refractivity (Wildman–Crippen MR) is 66.5 cm³/mol. The van der Waals surface area contributed by atoms with Gasteiger partial charge in [0.15, 0.2) is 0 Å². The Bertz CT molecular complexity index is 381. The summed E-state index contributed by atoms with van der Waals surface area (Å²) in [5.41, 5.74) is 0. The zero-order chi connectivity index (χ0) is 13.8. The molecule has 2 fully saturated rings. The summed E-state index contributed by atoms with van der Waals surface area (Å²) in [6, 6.07) is 0.234. The van der Waals surface area contributed by atoms with Crippen molar-refractivity contribution in [3.8, 4) is 0 Å². The molecular weight excluding hydrogens is 250 g/mol. The molecule has 0 aromatic heterocycles. The highest BCUT2D eigenvalue weighted by molar-refractivity contribution is 5.95. The number of hydrogen-bond donors (Lipinski definition) is 3. The van der Waals surface area contributed by atoms with Gasteiger partial charge in [0, 0.05) is 31.6 Å². The topological polar surface area (TPSA) is 98.7 Å². The maximum atomic E-state index is 11.5. The quantitative estimate of drug-likeness (QED) is 0.648. The number of likely N-dealkylation sites (tertiary alicyclic amines) is 1. The van der Waals surface area contributed by atoms with Gasteiger partial charge in [-0.05, 0) is 19.3 Å². The molecule has 0 bridgehead atoms. The van der Waals surface area contributed by atoms with Crippen molar-refractivity contribution in [1.82, 2.24) is 15.5 Å². The van der Waals surface area contributed by atoms with Gasteiger partial charge in [-0.1, -0.05) is 0 Å². The number of carbonyl (C=O) groups excluding carboxylic acids is 2. The van der Waals surface area contributed by atoms with Crippen LogP contribution in [0.3, 0.4) is 0 Å². The standard InChI is InChI=1S/C12H19N3O4/c16-10(3-4-11(17)18)14-12(19)13-8-5-6-15(7-8)9-1-2-9/h8-9H,1-7H2,(H,17,18)(H2,13,14,16,19). The Morgan fingerprint density at radius 1 is 1.16 bits per heavy atom. The van der Waals surface area contributed by atoms with Gasteiger partial charge in [-0.15, -0.1) is 0 Å². The Balaban J connectivity index is 1.64. The minimum atomic E-state index is -1.05. The van der Waals surface area contributed by atoms with E-state index in [0.29, 0.717) is 6.04 Å². The normalized spacial score (nSPS) is 23.1. The van der Waals surface area contributed by atoms with Crippen LogP contribution in [0.2, 0.25) is 0 Å². The molecule has 1 saturated heterocycles. The molecule has 7 heteroatoms. The van der Waals surface area contributed by atoms with Crippen molar-refractivity contribution in [2.45, 2.75) is 44.2 Å². The molecule has 7 nitrogen and oxygen atoms in total. The van der Waals surface area contributed by atoms with Crippen molar-refractivity contribution in [2.24, 2.45) is 0 Å². The first-order chi connectivity index (χ1) is 9.04. The summed E-state index contributed by atoms with van der Waals surface area (Å²) in [4.78, 5) is 35.5. The van der Waals surface area contributed by atoms with Crippen LogP contribution in [0.5, 0.6) is 0 Å². The minimum Gasteiger partial charge on any atom is -0.481 e. The van der Waals surface area contributed by atoms with Gasteiger partial charge in [-0.3, -0.25) is 19.8 Å². The second kappa shape index (κ2) is 6.01. The summed E-state index contributed by atoms with van der Waals surface area (Å²) in [7, 11) is 0. The summed E-state index contributed by atoms with van der Waals surface area (Å²) >= 11 is 0. The highest BCUT2D eigenvalue weighted by Gasteiger charge is 2.34. The van der Waals surface area contributed by atoms with E-state index in [1.54, 1.807) is 0 Å². The van der Waals surface area contributed by atoms with Crippen LogP contribution >= 0.6 is 0 Å². The summed E-state index contributed by atoms with van der Waals surface area (Å²) in [5.74, 6) is -1.61. The minimum absolute atomic E-state index is 0.0767. The fraction of sp³-hybridized carbons (Fsp3) is 0.750. The number of carboxylic acid groups (broad SMARTS) is 1. The number of aliphatic carboxylic acids is 1. The molecule has 106 valence electrons. The number of urea groups is 1. The molecule has 1 unspecified atom stereocenters. The van der Waals surface area contributed by atoms with E-state index in [1.807, 2.05) is 0 Å². The summed E-state index contributed by atoms with van der Waals surface area (Å²) < 4.78 is 0. The van der Waals surface area contributed by atoms with Crippen LogP contribution in [-0.2, 0) is 9.59 Å². The van der Waals surface area contributed by atoms with Crippen LogP contribution in [0.1, 0.15) is 32.1 Å². The van der Waals surface area contributed by atoms with Crippen molar-refractivity contribution in [3.05, 3.63) is 0 Å². The molecule has 0 spiro atoms. The fourth-order valence-electron chi connectivity index (χ4n) is 2.31. The highest BCUT2D eigenvalue weighted by Crippen LogP contribution is 2.29. The molecule has 1 aliphatic carbocycles. The Morgan fingerprint density at radius 2 is 1.89 bits per heavy atom. The maximum Gasteiger partial charge on any atom is 0.321 e. The Morgan fingerprint density at radius 3 is 2.53 bits per heavy atom. The van der Waals surface area contributed by atoms with E-state index in [1.165, 1.54) is 12.8 Å². The van der Waals surface area contributed by atoms with Crippen LogP contribution in [0.15, 0.2) is 0 Å². The Labute approximate surface area is 111 Å². The number of amides is 3. The number of carboxylic acids is 1. The van der Waals surface area contributed by atoms with Crippen LogP contribution in [-0.4, -0.2) is 53.1 Å². The summed E-state index contributed by atoms with van der Waals surface area (Å²) in [6.07, 6.45) is 2.94. The molecule has 1 saturated carbocycles. The van der Waals surface area contributed by atoms with Gasteiger partial charge in [0.05, 0.1) is 6.42 Å². The third-order valence-electron chi connectivity index (χ3n) is 3.44. The molecule has 0 radical (unpaired) electrons. The smallest absolute Gasteiger partial charge is 0.321 e. The number of nitrogens with zero attached hydrogens (tertiary/aromatic N) is 1. The fourth-order valence-corrected chi connectivity index (χ4v) is 2.31. The highest BCUT2D eigenvalue weighted by atomic mass is 16.4. The molecule has 2 aliphatic rings. The lowest BCUT2D eigenvalue weighted by Crippen LogP contribution is -2.45. The van der Waals surface area contributed by atoms with Gasteiger partial charge in [-0.25, -0.2) is 4.79 Å². The van der Waals surface area contributed by atoms with Crippen molar-refractivity contribution in [3.63, 3.8) is 0 Å². The molecule has 3 N–H and O–H groups in total. The zero-order valence-electron chi connectivity index (χ0n) is 10.7. The van der Waals surface area contributed by atoms with Crippen LogP contribution in [0.25, 0.3) is 0 Å². The number of hydrogen-bond acceptors (Lipinski definition) is 4. The zero-order valence-corrected chi connectivity index (χ0v) is 10.7. The van der Waals surface area contributed by atoms with Crippen molar-refractivity contribution >= 4 is 17.9 Å². The molecular formula is C12H19N3O4. The lowest BCUT2D eigenvalue weighted by molar-refractivity contribution is -0.138. The van der Waals surface area contributed by atoms with Crippen LogP contribution in [0, 0.1) is 0 Å². The molecule has 1 atom stereocenters. The Hall–Kier alpha value is -1.63. The third-order valence-corrected chi connectivity index (χ3v) is 3.44. The average molecular weight is 269 g/mol. The van der Waals surface area contributed by atoms with E-state index in [0.717, 1.165) is 19.5 Å². The van der Waals surface area contributed by atoms with E-state index in [-0.39, 0.29) is 18.9 Å². The van der Waals surface area contributed by atoms with E-state index in [4.69, 9.17) is 5.11 Å².